The molecule has 0 heterocycles. The Labute approximate surface area is 146 Å². The maximum absolute atomic E-state index is 12.2. The predicted molar refractivity (Wildman–Crippen MR) is 90.7 cm³/mol. The van der Waals surface area contributed by atoms with E-state index in [0.29, 0.717) is 12.6 Å². The lowest BCUT2D eigenvalue weighted by Crippen LogP contribution is -2.68. The normalized spacial score (nSPS) is 26.7. The van der Waals surface area contributed by atoms with Gasteiger partial charge in [0.1, 0.15) is 0 Å². The molecule has 0 aromatic heterocycles. The third-order valence-corrected chi connectivity index (χ3v) is 4.67. The third-order valence-electron chi connectivity index (χ3n) is 4.67. The molecule has 2 rings (SSSR count). The standard InChI is InChI=1S/C14H24F3N3O.HI/c1-3-21-11-9-10(13(11)5-4-6-13)20-12(18-2)19-8-7-14(15,16)17;/h10-11H,3-9H2,1-2H3,(H2,18,19,20);1H. The van der Waals surface area contributed by atoms with Crippen LogP contribution in [0.4, 0.5) is 13.2 Å². The van der Waals surface area contributed by atoms with Crippen LogP contribution in [0.25, 0.3) is 0 Å². The number of halogens is 4. The molecule has 0 radical (unpaired) electrons. The smallest absolute Gasteiger partial charge is 0.378 e. The Bertz CT molecular complexity index is 386. The first kappa shape index (κ1) is 19.8. The molecule has 2 atom stereocenters. The minimum absolute atomic E-state index is 0. The Morgan fingerprint density at radius 1 is 1.36 bits per heavy atom. The second kappa shape index (κ2) is 8.03. The Morgan fingerprint density at radius 3 is 2.50 bits per heavy atom. The molecule has 22 heavy (non-hydrogen) atoms. The van der Waals surface area contributed by atoms with Crippen LogP contribution >= 0.6 is 24.0 Å². The monoisotopic (exact) mass is 435 g/mol. The van der Waals surface area contributed by atoms with Crippen molar-refractivity contribution in [3.63, 3.8) is 0 Å². The zero-order valence-electron chi connectivity index (χ0n) is 13.0. The van der Waals surface area contributed by atoms with Crippen molar-refractivity contribution < 1.29 is 17.9 Å². The van der Waals surface area contributed by atoms with Gasteiger partial charge in [-0.3, -0.25) is 4.99 Å². The second-order valence-electron chi connectivity index (χ2n) is 5.83. The fraction of sp³-hybridized carbons (Fsp3) is 0.929. The lowest BCUT2D eigenvalue weighted by Gasteiger charge is -2.61. The fourth-order valence-electron chi connectivity index (χ4n) is 3.32. The van der Waals surface area contributed by atoms with Gasteiger partial charge in [0.25, 0.3) is 0 Å². The fourth-order valence-corrected chi connectivity index (χ4v) is 3.32. The molecule has 130 valence electrons. The topological polar surface area (TPSA) is 45.6 Å². The third kappa shape index (κ3) is 4.39. The Hall–Kier alpha value is -0.250. The molecule has 0 bridgehead atoms. The van der Waals surface area contributed by atoms with Crippen LogP contribution in [-0.4, -0.2) is 44.5 Å². The quantitative estimate of drug-likeness (QED) is 0.397. The van der Waals surface area contributed by atoms with Crippen molar-refractivity contribution >= 4 is 29.9 Å². The summed E-state index contributed by atoms with van der Waals surface area (Å²) < 4.78 is 42.2. The molecule has 2 unspecified atom stereocenters. The van der Waals surface area contributed by atoms with Gasteiger partial charge < -0.3 is 15.4 Å². The Morgan fingerprint density at radius 2 is 2.05 bits per heavy atom. The van der Waals surface area contributed by atoms with E-state index in [2.05, 4.69) is 15.6 Å². The van der Waals surface area contributed by atoms with Gasteiger partial charge in [-0.05, 0) is 26.2 Å². The molecule has 4 nitrogen and oxygen atoms in total. The summed E-state index contributed by atoms with van der Waals surface area (Å²) in [7, 11) is 1.58. The molecule has 2 aliphatic carbocycles. The van der Waals surface area contributed by atoms with Gasteiger partial charge in [0.05, 0.1) is 12.5 Å². The minimum Gasteiger partial charge on any atom is -0.378 e. The minimum atomic E-state index is -4.14. The van der Waals surface area contributed by atoms with Gasteiger partial charge in [-0.15, -0.1) is 24.0 Å². The Balaban J connectivity index is 0.00000242. The SMILES string of the molecule is CCOC1CC(NC(=NC)NCCC(F)(F)F)C12CCC2.I. The molecular weight excluding hydrogens is 410 g/mol. The number of nitrogens with zero attached hydrogens (tertiary/aromatic N) is 1. The summed E-state index contributed by atoms with van der Waals surface area (Å²) in [6, 6.07) is 0.250. The van der Waals surface area contributed by atoms with Crippen LogP contribution in [-0.2, 0) is 4.74 Å². The molecular formula is C14H25F3IN3O. The predicted octanol–water partition coefficient (Wildman–Crippen LogP) is 3.07. The van der Waals surface area contributed by atoms with Crippen molar-refractivity contribution in [3.05, 3.63) is 0 Å². The van der Waals surface area contributed by atoms with Crippen molar-refractivity contribution in [1.29, 1.82) is 0 Å². The average molecular weight is 435 g/mol. The number of aliphatic imine (C=N–C) groups is 1. The van der Waals surface area contributed by atoms with E-state index >= 15 is 0 Å². The number of hydrogen-bond acceptors (Lipinski definition) is 2. The summed E-state index contributed by atoms with van der Waals surface area (Å²) >= 11 is 0. The zero-order chi connectivity index (χ0) is 15.5. The highest BCUT2D eigenvalue weighted by atomic mass is 127. The first-order valence-electron chi connectivity index (χ1n) is 7.57. The first-order chi connectivity index (χ1) is 9.91. The molecule has 0 aromatic carbocycles. The zero-order valence-corrected chi connectivity index (χ0v) is 15.3. The lowest BCUT2D eigenvalue weighted by molar-refractivity contribution is -0.168. The molecule has 0 aromatic rings. The number of ether oxygens (including phenoxy) is 1. The van der Waals surface area contributed by atoms with Crippen LogP contribution in [0.1, 0.15) is 39.0 Å². The van der Waals surface area contributed by atoms with Crippen LogP contribution in [0.5, 0.6) is 0 Å². The summed E-state index contributed by atoms with van der Waals surface area (Å²) in [5, 5.41) is 6.00. The number of nitrogens with one attached hydrogen (secondary N) is 2. The largest absolute Gasteiger partial charge is 0.390 e. The van der Waals surface area contributed by atoms with E-state index in [1.54, 1.807) is 7.05 Å². The van der Waals surface area contributed by atoms with E-state index in [9.17, 15) is 13.2 Å². The molecule has 2 N–H and O–H groups in total. The number of guanidine groups is 1. The van der Waals surface area contributed by atoms with Crippen LogP contribution in [0.3, 0.4) is 0 Å². The molecule has 0 aliphatic heterocycles. The van der Waals surface area contributed by atoms with E-state index in [-0.39, 0.29) is 48.1 Å². The van der Waals surface area contributed by atoms with Crippen molar-refractivity contribution in [2.75, 3.05) is 20.2 Å². The average Bonchev–Trinajstić information content (AvgIpc) is 2.31. The first-order valence-corrected chi connectivity index (χ1v) is 7.57. The van der Waals surface area contributed by atoms with Gasteiger partial charge in [-0.25, -0.2) is 0 Å². The van der Waals surface area contributed by atoms with Crippen LogP contribution in [0.15, 0.2) is 4.99 Å². The Kier molecular flexibility index (Phi) is 7.22. The maximum atomic E-state index is 12.2. The van der Waals surface area contributed by atoms with Gasteiger partial charge >= 0.3 is 6.18 Å². The summed E-state index contributed by atoms with van der Waals surface area (Å²) in [4.78, 5) is 4.01. The van der Waals surface area contributed by atoms with Gasteiger partial charge in [-0.1, -0.05) is 6.42 Å². The summed E-state index contributed by atoms with van der Waals surface area (Å²) in [5.41, 5.74) is 0.164. The molecule has 8 heteroatoms. The summed E-state index contributed by atoms with van der Waals surface area (Å²) in [5.74, 6) is 0.450. The maximum Gasteiger partial charge on any atom is 0.390 e. The number of rotatable bonds is 5. The van der Waals surface area contributed by atoms with E-state index in [1.165, 1.54) is 6.42 Å². The molecule has 0 saturated heterocycles. The molecule has 2 aliphatic rings. The van der Waals surface area contributed by atoms with E-state index in [1.807, 2.05) is 6.92 Å². The molecule has 1 spiro atoms. The van der Waals surface area contributed by atoms with Crippen molar-refractivity contribution in [3.8, 4) is 0 Å². The highest BCUT2D eigenvalue weighted by Gasteiger charge is 2.59. The molecule has 2 fully saturated rings. The molecule has 0 amide bonds. The lowest BCUT2D eigenvalue weighted by atomic mass is 9.51. The van der Waals surface area contributed by atoms with Crippen LogP contribution in [0, 0.1) is 5.41 Å². The van der Waals surface area contributed by atoms with Crippen molar-refractivity contribution in [2.45, 2.75) is 57.3 Å². The summed E-state index contributed by atoms with van der Waals surface area (Å²) in [6.45, 7) is 2.54. The van der Waals surface area contributed by atoms with Crippen molar-refractivity contribution in [2.24, 2.45) is 10.4 Å². The second-order valence-corrected chi connectivity index (χ2v) is 5.83. The highest BCUT2D eigenvalue weighted by Crippen LogP contribution is 2.57. The highest BCUT2D eigenvalue weighted by molar-refractivity contribution is 14.0. The summed E-state index contributed by atoms with van der Waals surface area (Å²) in [6.07, 6.45) is -0.385. The number of alkyl halides is 3. The van der Waals surface area contributed by atoms with Crippen LogP contribution in [0.2, 0.25) is 0 Å². The van der Waals surface area contributed by atoms with E-state index < -0.39 is 12.6 Å². The van der Waals surface area contributed by atoms with Crippen molar-refractivity contribution in [1.82, 2.24) is 10.6 Å². The van der Waals surface area contributed by atoms with E-state index in [0.717, 1.165) is 19.3 Å². The number of hydrogen-bond donors (Lipinski definition) is 2. The van der Waals surface area contributed by atoms with Crippen LogP contribution < -0.4 is 10.6 Å². The van der Waals surface area contributed by atoms with E-state index in [4.69, 9.17) is 4.74 Å². The van der Waals surface area contributed by atoms with Gasteiger partial charge in [0.2, 0.25) is 0 Å². The van der Waals surface area contributed by atoms with Gasteiger partial charge in [-0.2, -0.15) is 13.2 Å². The molecule has 2 saturated carbocycles. The van der Waals surface area contributed by atoms with Gasteiger partial charge in [0.15, 0.2) is 5.96 Å². The van der Waals surface area contributed by atoms with Gasteiger partial charge in [0, 0.05) is 31.7 Å².